The van der Waals surface area contributed by atoms with Crippen LogP contribution in [-0.2, 0) is 22.6 Å². The fourth-order valence-corrected chi connectivity index (χ4v) is 1.72. The van der Waals surface area contributed by atoms with Crippen molar-refractivity contribution in [1.29, 1.82) is 0 Å². The molecule has 1 amide bonds. The van der Waals surface area contributed by atoms with Crippen molar-refractivity contribution < 1.29 is 14.7 Å². The molecule has 0 atom stereocenters. The number of hydrogen-bond donors (Lipinski definition) is 1. The molecule has 0 aromatic heterocycles. The number of carbonyl (C=O) groups is 2. The second-order valence-corrected chi connectivity index (χ2v) is 4.43. The third-order valence-corrected chi connectivity index (χ3v) is 2.73. The molecule has 0 saturated carbocycles. The maximum absolute atomic E-state index is 11.6. The highest BCUT2D eigenvalue weighted by Gasteiger charge is 2.06. The number of hydrogen-bond acceptors (Lipinski definition) is 2. The summed E-state index contributed by atoms with van der Waals surface area (Å²) in [7, 11) is 1.65. The van der Waals surface area contributed by atoms with Crippen molar-refractivity contribution in [2.75, 3.05) is 7.05 Å². The van der Waals surface area contributed by atoms with Crippen LogP contribution in [-0.4, -0.2) is 28.9 Å². The molecule has 0 heterocycles. The van der Waals surface area contributed by atoms with E-state index in [4.69, 9.17) is 5.11 Å². The van der Waals surface area contributed by atoms with Gasteiger partial charge in [-0.3, -0.25) is 4.79 Å². The summed E-state index contributed by atoms with van der Waals surface area (Å²) in [6.07, 6.45) is 4.07. The van der Waals surface area contributed by atoms with Crippen LogP contribution in [0.15, 0.2) is 36.4 Å². The SMILES string of the molecule is CCCc1ccc(CN(C)C(=O)/C=C/C(=O)O)cc1. The Bertz CT molecular complexity index is 463. The zero-order valence-corrected chi connectivity index (χ0v) is 11.3. The summed E-state index contributed by atoms with van der Waals surface area (Å²) in [4.78, 5) is 23.4. The summed E-state index contributed by atoms with van der Waals surface area (Å²) in [5.74, 6) is -1.44. The Morgan fingerprint density at radius 1 is 1.16 bits per heavy atom. The smallest absolute Gasteiger partial charge is 0.328 e. The van der Waals surface area contributed by atoms with Crippen LogP contribution in [0, 0.1) is 0 Å². The van der Waals surface area contributed by atoms with E-state index in [1.54, 1.807) is 7.05 Å². The van der Waals surface area contributed by atoms with Gasteiger partial charge in [-0.1, -0.05) is 37.6 Å². The van der Waals surface area contributed by atoms with E-state index in [0.717, 1.165) is 30.6 Å². The van der Waals surface area contributed by atoms with Gasteiger partial charge >= 0.3 is 5.97 Å². The molecule has 0 saturated heterocycles. The summed E-state index contributed by atoms with van der Waals surface area (Å²) >= 11 is 0. The Kier molecular flexibility index (Phi) is 5.79. The molecule has 0 aliphatic carbocycles. The largest absolute Gasteiger partial charge is 0.478 e. The van der Waals surface area contributed by atoms with E-state index in [9.17, 15) is 9.59 Å². The molecule has 102 valence electrons. The standard InChI is InChI=1S/C15H19NO3/c1-3-4-12-5-7-13(8-6-12)11-16(2)14(17)9-10-15(18)19/h5-10H,3-4,11H2,1-2H3,(H,18,19)/b10-9+. The van der Waals surface area contributed by atoms with Gasteiger partial charge < -0.3 is 10.0 Å². The molecule has 4 heteroatoms. The van der Waals surface area contributed by atoms with E-state index in [0.29, 0.717) is 6.54 Å². The van der Waals surface area contributed by atoms with Gasteiger partial charge in [0.2, 0.25) is 5.91 Å². The average molecular weight is 261 g/mol. The van der Waals surface area contributed by atoms with Crippen molar-refractivity contribution in [1.82, 2.24) is 4.90 Å². The average Bonchev–Trinajstić information content (AvgIpc) is 2.38. The predicted octanol–water partition coefficient (Wildman–Crippen LogP) is 2.24. The number of likely N-dealkylation sites (N-methyl/N-ethyl adjacent to an activating group) is 1. The van der Waals surface area contributed by atoms with Crippen LogP contribution in [0.1, 0.15) is 24.5 Å². The highest BCUT2D eigenvalue weighted by Crippen LogP contribution is 2.08. The number of amides is 1. The van der Waals surface area contributed by atoms with Gasteiger partial charge in [-0.2, -0.15) is 0 Å². The number of aryl methyl sites for hydroxylation is 1. The van der Waals surface area contributed by atoms with Crippen molar-refractivity contribution in [2.45, 2.75) is 26.3 Å². The molecule has 1 aromatic rings. The number of rotatable bonds is 6. The van der Waals surface area contributed by atoms with Gasteiger partial charge in [-0.25, -0.2) is 4.79 Å². The lowest BCUT2D eigenvalue weighted by atomic mass is 10.1. The molecular weight excluding hydrogens is 242 g/mol. The Balaban J connectivity index is 2.58. The summed E-state index contributed by atoms with van der Waals surface area (Å²) < 4.78 is 0. The lowest BCUT2D eigenvalue weighted by Crippen LogP contribution is -2.24. The van der Waals surface area contributed by atoms with Gasteiger partial charge in [0.1, 0.15) is 0 Å². The Morgan fingerprint density at radius 2 is 1.74 bits per heavy atom. The number of carboxylic acids is 1. The molecule has 0 spiro atoms. The minimum Gasteiger partial charge on any atom is -0.478 e. The summed E-state index contributed by atoms with van der Waals surface area (Å²) in [5.41, 5.74) is 2.31. The summed E-state index contributed by atoms with van der Waals surface area (Å²) in [5, 5.41) is 8.46. The highest BCUT2D eigenvalue weighted by atomic mass is 16.4. The monoisotopic (exact) mass is 261 g/mol. The molecule has 1 rings (SSSR count). The second-order valence-electron chi connectivity index (χ2n) is 4.43. The third kappa shape index (κ3) is 5.38. The highest BCUT2D eigenvalue weighted by molar-refractivity contribution is 5.93. The van der Waals surface area contributed by atoms with E-state index < -0.39 is 5.97 Å². The number of nitrogens with zero attached hydrogens (tertiary/aromatic N) is 1. The third-order valence-electron chi connectivity index (χ3n) is 2.73. The first-order valence-electron chi connectivity index (χ1n) is 6.27. The van der Waals surface area contributed by atoms with Crippen molar-refractivity contribution in [3.8, 4) is 0 Å². The topological polar surface area (TPSA) is 57.6 Å². The Hall–Kier alpha value is -2.10. The van der Waals surface area contributed by atoms with Crippen LogP contribution in [0.5, 0.6) is 0 Å². The van der Waals surface area contributed by atoms with Crippen molar-refractivity contribution >= 4 is 11.9 Å². The minimum absolute atomic E-state index is 0.319. The molecule has 0 aliphatic rings. The van der Waals surface area contributed by atoms with Gasteiger partial charge in [0.25, 0.3) is 0 Å². The van der Waals surface area contributed by atoms with E-state index in [1.807, 2.05) is 12.1 Å². The minimum atomic E-state index is -1.12. The van der Waals surface area contributed by atoms with Crippen molar-refractivity contribution in [2.24, 2.45) is 0 Å². The molecule has 1 aromatic carbocycles. The second kappa shape index (κ2) is 7.36. The molecule has 1 N–H and O–H groups in total. The molecule has 19 heavy (non-hydrogen) atoms. The quantitative estimate of drug-likeness (QED) is 0.799. The van der Waals surface area contributed by atoms with Crippen LogP contribution in [0.2, 0.25) is 0 Å². The van der Waals surface area contributed by atoms with Gasteiger partial charge in [0.05, 0.1) is 0 Å². The van der Waals surface area contributed by atoms with Crippen LogP contribution in [0.3, 0.4) is 0 Å². The van der Waals surface area contributed by atoms with Crippen LogP contribution in [0.25, 0.3) is 0 Å². The van der Waals surface area contributed by atoms with Gasteiger partial charge in [-0.05, 0) is 17.5 Å². The number of aliphatic carboxylic acids is 1. The van der Waals surface area contributed by atoms with E-state index in [2.05, 4.69) is 19.1 Å². The molecule has 4 nitrogen and oxygen atoms in total. The molecule has 0 radical (unpaired) electrons. The van der Waals surface area contributed by atoms with Gasteiger partial charge in [-0.15, -0.1) is 0 Å². The molecule has 0 bridgehead atoms. The first-order chi connectivity index (χ1) is 9.02. The predicted molar refractivity (Wildman–Crippen MR) is 73.7 cm³/mol. The Morgan fingerprint density at radius 3 is 2.26 bits per heavy atom. The normalized spacial score (nSPS) is 10.6. The van der Waals surface area contributed by atoms with E-state index in [1.165, 1.54) is 10.5 Å². The van der Waals surface area contributed by atoms with Crippen LogP contribution in [0.4, 0.5) is 0 Å². The fourth-order valence-electron chi connectivity index (χ4n) is 1.72. The van der Waals surface area contributed by atoms with Gasteiger partial charge in [0, 0.05) is 25.7 Å². The molecular formula is C15H19NO3. The zero-order chi connectivity index (χ0) is 14.3. The zero-order valence-electron chi connectivity index (χ0n) is 11.3. The van der Waals surface area contributed by atoms with E-state index >= 15 is 0 Å². The molecule has 0 fully saturated rings. The molecule has 0 aliphatic heterocycles. The maximum Gasteiger partial charge on any atom is 0.328 e. The number of carboxylic acid groups (broad SMARTS) is 1. The van der Waals surface area contributed by atoms with E-state index in [-0.39, 0.29) is 5.91 Å². The first kappa shape index (κ1) is 15.0. The van der Waals surface area contributed by atoms with Crippen molar-refractivity contribution in [3.05, 3.63) is 47.5 Å². The van der Waals surface area contributed by atoms with Crippen LogP contribution >= 0.6 is 0 Å². The van der Waals surface area contributed by atoms with Crippen molar-refractivity contribution in [3.63, 3.8) is 0 Å². The number of benzene rings is 1. The first-order valence-corrected chi connectivity index (χ1v) is 6.27. The Labute approximate surface area is 113 Å². The lowest BCUT2D eigenvalue weighted by Gasteiger charge is -2.15. The fraction of sp³-hybridized carbons (Fsp3) is 0.333. The van der Waals surface area contributed by atoms with Gasteiger partial charge in [0.15, 0.2) is 0 Å². The van der Waals surface area contributed by atoms with Crippen LogP contribution < -0.4 is 0 Å². The summed E-state index contributed by atoms with van der Waals surface area (Å²) in [6.45, 7) is 2.60. The lowest BCUT2D eigenvalue weighted by molar-refractivity contribution is -0.132. The summed E-state index contributed by atoms with van der Waals surface area (Å²) in [6, 6.07) is 8.11. The molecule has 0 unspecified atom stereocenters. The maximum atomic E-state index is 11.6. The number of carbonyl (C=O) groups excluding carboxylic acids is 1.